The van der Waals surface area contributed by atoms with Crippen molar-refractivity contribution in [1.82, 2.24) is 19.3 Å². The van der Waals surface area contributed by atoms with E-state index in [1.165, 1.54) is 4.31 Å². The Morgan fingerprint density at radius 2 is 1.84 bits per heavy atom. The molecule has 0 atom stereocenters. The summed E-state index contributed by atoms with van der Waals surface area (Å²) in [6.45, 7) is 3.09. The highest BCUT2D eigenvalue weighted by atomic mass is 32.2. The standard InChI is InChI=1S/C22H24N4O5S/c1-29-18-4-2-16(3-5-18)22-23-21(31-24-22)15-25-9-11-26(12-10-25)32(27,28)19-6-7-20-17(14-19)8-13-30-20/h2-7,14H,8-13,15H2,1H3. The SMILES string of the molecule is COc1ccc(-c2noc(CN3CCN(S(=O)(=O)c4ccc5c(c4)CCO5)CC3)n2)cc1. The third kappa shape index (κ3) is 4.08. The van der Waals surface area contributed by atoms with Gasteiger partial charge in [-0.25, -0.2) is 8.42 Å². The van der Waals surface area contributed by atoms with Gasteiger partial charge in [0, 0.05) is 38.2 Å². The van der Waals surface area contributed by atoms with Crippen molar-refractivity contribution in [2.24, 2.45) is 0 Å². The predicted octanol–water partition coefficient (Wildman–Crippen LogP) is 2.19. The number of piperazine rings is 1. The van der Waals surface area contributed by atoms with Crippen molar-refractivity contribution in [3.05, 3.63) is 53.9 Å². The van der Waals surface area contributed by atoms with Crippen molar-refractivity contribution < 1.29 is 22.4 Å². The number of rotatable bonds is 6. The molecule has 32 heavy (non-hydrogen) atoms. The number of sulfonamides is 1. The Bertz CT molecular complexity index is 1200. The lowest BCUT2D eigenvalue weighted by Crippen LogP contribution is -2.48. The fourth-order valence-electron chi connectivity index (χ4n) is 3.97. The summed E-state index contributed by atoms with van der Waals surface area (Å²) in [7, 11) is -1.91. The first-order valence-electron chi connectivity index (χ1n) is 10.5. The summed E-state index contributed by atoms with van der Waals surface area (Å²) in [5, 5.41) is 4.06. The zero-order valence-electron chi connectivity index (χ0n) is 17.7. The predicted molar refractivity (Wildman–Crippen MR) is 116 cm³/mol. The Labute approximate surface area is 186 Å². The lowest BCUT2D eigenvalue weighted by molar-refractivity contribution is 0.163. The molecule has 0 unspecified atom stereocenters. The van der Waals surface area contributed by atoms with Crippen LogP contribution in [-0.4, -0.2) is 67.7 Å². The monoisotopic (exact) mass is 456 g/mol. The molecule has 1 fully saturated rings. The van der Waals surface area contributed by atoms with Gasteiger partial charge in [0.25, 0.3) is 0 Å². The minimum absolute atomic E-state index is 0.330. The van der Waals surface area contributed by atoms with E-state index in [0.717, 1.165) is 29.0 Å². The fourth-order valence-corrected chi connectivity index (χ4v) is 5.44. The van der Waals surface area contributed by atoms with Crippen LogP contribution in [0.1, 0.15) is 11.5 Å². The first kappa shape index (κ1) is 20.9. The van der Waals surface area contributed by atoms with Crippen LogP contribution in [0, 0.1) is 0 Å². The van der Waals surface area contributed by atoms with Crippen LogP contribution in [0.2, 0.25) is 0 Å². The molecular weight excluding hydrogens is 432 g/mol. The topological polar surface area (TPSA) is 98.0 Å². The fraction of sp³-hybridized carbons (Fsp3) is 0.364. The molecule has 3 heterocycles. The van der Waals surface area contributed by atoms with Gasteiger partial charge in [-0.2, -0.15) is 9.29 Å². The average Bonchev–Trinajstić information content (AvgIpc) is 3.48. The molecular formula is C22H24N4O5S. The molecule has 2 aliphatic rings. The van der Waals surface area contributed by atoms with Crippen LogP contribution in [-0.2, 0) is 23.0 Å². The molecule has 0 N–H and O–H groups in total. The molecule has 0 bridgehead atoms. The minimum Gasteiger partial charge on any atom is -0.497 e. The van der Waals surface area contributed by atoms with Gasteiger partial charge in [0.1, 0.15) is 11.5 Å². The van der Waals surface area contributed by atoms with Gasteiger partial charge in [-0.05, 0) is 48.0 Å². The van der Waals surface area contributed by atoms with E-state index in [-0.39, 0.29) is 0 Å². The third-order valence-electron chi connectivity index (χ3n) is 5.81. The summed E-state index contributed by atoms with van der Waals surface area (Å²) in [4.78, 5) is 6.92. The van der Waals surface area contributed by atoms with Crippen LogP contribution in [0.5, 0.6) is 11.5 Å². The second-order valence-electron chi connectivity index (χ2n) is 7.79. The number of benzene rings is 2. The molecule has 0 amide bonds. The number of hydrogen-bond acceptors (Lipinski definition) is 8. The van der Waals surface area contributed by atoms with Crippen molar-refractivity contribution >= 4 is 10.0 Å². The van der Waals surface area contributed by atoms with Crippen LogP contribution in [0.15, 0.2) is 51.9 Å². The Balaban J connectivity index is 1.20. The van der Waals surface area contributed by atoms with E-state index in [1.807, 2.05) is 24.3 Å². The molecule has 2 aliphatic heterocycles. The molecule has 1 aromatic heterocycles. The van der Waals surface area contributed by atoms with Crippen molar-refractivity contribution in [3.8, 4) is 22.9 Å². The van der Waals surface area contributed by atoms with Crippen molar-refractivity contribution in [2.75, 3.05) is 39.9 Å². The van der Waals surface area contributed by atoms with Gasteiger partial charge in [-0.15, -0.1) is 0 Å². The van der Waals surface area contributed by atoms with Gasteiger partial charge in [0.05, 0.1) is 25.2 Å². The van der Waals surface area contributed by atoms with E-state index >= 15 is 0 Å². The van der Waals surface area contributed by atoms with Gasteiger partial charge < -0.3 is 14.0 Å². The molecule has 0 radical (unpaired) electrons. The lowest BCUT2D eigenvalue weighted by atomic mass is 10.2. The second kappa shape index (κ2) is 8.53. The molecule has 168 valence electrons. The van der Waals surface area contributed by atoms with E-state index in [1.54, 1.807) is 25.3 Å². The molecule has 2 aromatic carbocycles. The first-order chi connectivity index (χ1) is 15.5. The molecule has 0 aliphatic carbocycles. The third-order valence-corrected chi connectivity index (χ3v) is 7.70. The second-order valence-corrected chi connectivity index (χ2v) is 9.73. The Morgan fingerprint density at radius 1 is 1.06 bits per heavy atom. The average molecular weight is 457 g/mol. The highest BCUT2D eigenvalue weighted by Crippen LogP contribution is 2.29. The van der Waals surface area contributed by atoms with Gasteiger partial charge >= 0.3 is 0 Å². The number of hydrogen-bond donors (Lipinski definition) is 0. The van der Waals surface area contributed by atoms with Crippen LogP contribution in [0.4, 0.5) is 0 Å². The van der Waals surface area contributed by atoms with Gasteiger partial charge in [-0.3, -0.25) is 4.90 Å². The van der Waals surface area contributed by atoms with Gasteiger partial charge in [0.15, 0.2) is 0 Å². The summed E-state index contributed by atoms with van der Waals surface area (Å²) in [5.41, 5.74) is 1.80. The maximum atomic E-state index is 13.1. The summed E-state index contributed by atoms with van der Waals surface area (Å²) in [5.74, 6) is 2.57. The maximum absolute atomic E-state index is 13.1. The molecule has 10 heteroatoms. The van der Waals surface area contributed by atoms with Crippen LogP contribution >= 0.6 is 0 Å². The molecule has 0 spiro atoms. The molecule has 5 rings (SSSR count). The van der Waals surface area contributed by atoms with Crippen LogP contribution < -0.4 is 9.47 Å². The van der Waals surface area contributed by atoms with E-state index < -0.39 is 10.0 Å². The van der Waals surface area contributed by atoms with Crippen LogP contribution in [0.3, 0.4) is 0 Å². The maximum Gasteiger partial charge on any atom is 0.243 e. The summed E-state index contributed by atoms with van der Waals surface area (Å²) in [6, 6.07) is 12.6. The minimum atomic E-state index is -3.53. The summed E-state index contributed by atoms with van der Waals surface area (Å²) in [6.07, 6.45) is 0.745. The van der Waals surface area contributed by atoms with Crippen molar-refractivity contribution in [3.63, 3.8) is 0 Å². The van der Waals surface area contributed by atoms with E-state index in [2.05, 4.69) is 15.0 Å². The lowest BCUT2D eigenvalue weighted by Gasteiger charge is -2.33. The van der Waals surface area contributed by atoms with Gasteiger partial charge in [0.2, 0.25) is 21.7 Å². The number of aromatic nitrogens is 2. The molecule has 0 saturated carbocycles. The number of nitrogens with zero attached hydrogens (tertiary/aromatic N) is 4. The first-order valence-corrected chi connectivity index (χ1v) is 11.9. The Morgan fingerprint density at radius 3 is 2.59 bits per heavy atom. The Hall–Kier alpha value is -2.95. The smallest absolute Gasteiger partial charge is 0.243 e. The van der Waals surface area contributed by atoms with Crippen LogP contribution in [0.25, 0.3) is 11.4 Å². The molecule has 1 saturated heterocycles. The van der Waals surface area contributed by atoms with E-state index in [0.29, 0.717) is 55.9 Å². The normalized spacial score (nSPS) is 17.2. The largest absolute Gasteiger partial charge is 0.497 e. The van der Waals surface area contributed by atoms with Crippen molar-refractivity contribution in [1.29, 1.82) is 0 Å². The molecule has 9 nitrogen and oxygen atoms in total. The quantitative estimate of drug-likeness (QED) is 0.557. The highest BCUT2D eigenvalue weighted by molar-refractivity contribution is 7.89. The highest BCUT2D eigenvalue weighted by Gasteiger charge is 2.30. The number of ether oxygens (including phenoxy) is 2. The van der Waals surface area contributed by atoms with E-state index in [4.69, 9.17) is 14.0 Å². The van der Waals surface area contributed by atoms with E-state index in [9.17, 15) is 8.42 Å². The summed E-state index contributed by atoms with van der Waals surface area (Å²) < 4.78 is 43.7. The zero-order chi connectivity index (χ0) is 22.1. The summed E-state index contributed by atoms with van der Waals surface area (Å²) >= 11 is 0. The number of methoxy groups -OCH3 is 1. The van der Waals surface area contributed by atoms with Crippen molar-refractivity contribution in [2.45, 2.75) is 17.9 Å². The Kier molecular flexibility index (Phi) is 5.58. The zero-order valence-corrected chi connectivity index (χ0v) is 18.5. The molecule has 3 aromatic rings. The number of fused-ring (bicyclic) bond motifs is 1. The van der Waals surface area contributed by atoms with Gasteiger partial charge in [-0.1, -0.05) is 5.16 Å².